The van der Waals surface area contributed by atoms with E-state index in [0.717, 1.165) is 27.9 Å². The van der Waals surface area contributed by atoms with Crippen molar-refractivity contribution in [1.82, 2.24) is 15.2 Å². The lowest BCUT2D eigenvalue weighted by Gasteiger charge is -2.18. The lowest BCUT2D eigenvalue weighted by molar-refractivity contribution is 0.102. The third kappa shape index (κ3) is 3.83. The van der Waals surface area contributed by atoms with Gasteiger partial charge in [-0.1, -0.05) is 39.0 Å². The van der Waals surface area contributed by atoms with Gasteiger partial charge in [0, 0.05) is 16.6 Å². The number of hydrogen-bond donors (Lipinski definition) is 2. The lowest BCUT2D eigenvalue weighted by atomic mass is 9.87. The van der Waals surface area contributed by atoms with Crippen LogP contribution in [0.3, 0.4) is 0 Å². The van der Waals surface area contributed by atoms with Gasteiger partial charge in [-0.25, -0.2) is 4.98 Å². The Balaban J connectivity index is 1.48. The number of rotatable bonds is 4. The molecule has 0 atom stereocenters. The second kappa shape index (κ2) is 7.76. The molecule has 0 radical (unpaired) electrons. The van der Waals surface area contributed by atoms with Crippen molar-refractivity contribution in [3.63, 3.8) is 0 Å². The number of oxazole rings is 1. The molecule has 5 aromatic rings. The Bertz CT molecular complexity index is 1410. The highest BCUT2D eigenvalue weighted by atomic mass is 32.1. The molecule has 0 unspecified atom stereocenters. The predicted octanol–water partition coefficient (Wildman–Crippen LogP) is 6.50. The fourth-order valence-electron chi connectivity index (χ4n) is 3.53. The summed E-state index contributed by atoms with van der Waals surface area (Å²) in [5, 5.41) is 13.9. The molecule has 0 aliphatic carbocycles. The van der Waals surface area contributed by atoms with E-state index in [4.69, 9.17) is 9.40 Å². The van der Waals surface area contributed by atoms with Crippen LogP contribution in [0, 0.1) is 0 Å². The van der Waals surface area contributed by atoms with Crippen molar-refractivity contribution in [1.29, 1.82) is 0 Å². The van der Waals surface area contributed by atoms with Gasteiger partial charge >= 0.3 is 0 Å². The number of anilines is 1. The quantitative estimate of drug-likeness (QED) is 0.333. The average molecular weight is 443 g/mol. The number of H-pyrrole nitrogens is 1. The van der Waals surface area contributed by atoms with Crippen LogP contribution in [0.1, 0.15) is 36.7 Å². The highest BCUT2D eigenvalue weighted by molar-refractivity contribution is 7.08. The Labute approximate surface area is 189 Å². The summed E-state index contributed by atoms with van der Waals surface area (Å²) in [7, 11) is 0. The summed E-state index contributed by atoms with van der Waals surface area (Å²) in [5.74, 6) is 0.365. The Hall–Kier alpha value is -3.71. The van der Waals surface area contributed by atoms with Gasteiger partial charge in [0.05, 0.1) is 23.0 Å². The van der Waals surface area contributed by atoms with Gasteiger partial charge in [0.2, 0.25) is 5.89 Å². The van der Waals surface area contributed by atoms with Crippen molar-refractivity contribution >= 4 is 34.0 Å². The minimum atomic E-state index is -0.137. The third-order valence-electron chi connectivity index (χ3n) is 5.32. The molecular formula is C25H22N4O2S. The van der Waals surface area contributed by atoms with E-state index < -0.39 is 0 Å². The van der Waals surface area contributed by atoms with Crippen molar-refractivity contribution < 1.29 is 9.21 Å². The molecule has 32 heavy (non-hydrogen) atoms. The molecule has 0 aliphatic rings. The number of aromatic nitrogens is 3. The number of benzene rings is 2. The molecule has 5 rings (SSSR count). The van der Waals surface area contributed by atoms with Gasteiger partial charge in [0.1, 0.15) is 5.52 Å². The predicted molar refractivity (Wildman–Crippen MR) is 128 cm³/mol. The van der Waals surface area contributed by atoms with E-state index in [1.165, 1.54) is 16.9 Å². The summed E-state index contributed by atoms with van der Waals surface area (Å²) in [6.45, 7) is 6.52. The topological polar surface area (TPSA) is 83.8 Å². The van der Waals surface area contributed by atoms with Crippen LogP contribution in [0.25, 0.3) is 33.8 Å². The molecule has 0 saturated heterocycles. The summed E-state index contributed by atoms with van der Waals surface area (Å²) in [6, 6.07) is 15.5. The number of hydrogen-bond acceptors (Lipinski definition) is 5. The summed E-state index contributed by atoms with van der Waals surface area (Å²) in [5.41, 5.74) is 6.54. The van der Waals surface area contributed by atoms with Gasteiger partial charge in [-0.3, -0.25) is 9.89 Å². The van der Waals surface area contributed by atoms with Gasteiger partial charge < -0.3 is 9.73 Å². The molecule has 2 N–H and O–H groups in total. The van der Waals surface area contributed by atoms with Gasteiger partial charge in [-0.2, -0.15) is 16.4 Å². The molecule has 1 amide bonds. The zero-order valence-electron chi connectivity index (χ0n) is 18.0. The number of carbonyl (C=O) groups excluding carboxylic acids is 1. The van der Waals surface area contributed by atoms with Gasteiger partial charge in [-0.05, 0) is 46.7 Å². The van der Waals surface area contributed by atoms with Crippen LogP contribution in [-0.4, -0.2) is 21.1 Å². The first-order valence-corrected chi connectivity index (χ1v) is 11.2. The molecule has 3 heterocycles. The van der Waals surface area contributed by atoms with Crippen LogP contribution in [0.2, 0.25) is 0 Å². The lowest BCUT2D eigenvalue weighted by Crippen LogP contribution is -2.10. The van der Waals surface area contributed by atoms with Crippen LogP contribution >= 0.6 is 11.3 Å². The molecule has 0 saturated carbocycles. The maximum Gasteiger partial charge on any atom is 0.256 e. The first-order valence-electron chi connectivity index (χ1n) is 10.3. The minimum Gasteiger partial charge on any atom is -0.436 e. The van der Waals surface area contributed by atoms with E-state index in [0.29, 0.717) is 17.1 Å². The molecule has 6 nitrogen and oxygen atoms in total. The second-order valence-corrected chi connectivity index (χ2v) is 9.44. The standard InChI is InChI=1S/C25H22N4O2S/c1-25(2,3)17-7-8-21-20(12-17)28-24(31-21)19-13-26-29-22(19)15-5-4-6-18(11-15)27-23(30)16-9-10-32-14-16/h4-14H,1-3H3,(H,26,29)(H,27,30). The van der Waals surface area contributed by atoms with Gasteiger partial charge in [-0.15, -0.1) is 0 Å². The van der Waals surface area contributed by atoms with Crippen molar-refractivity contribution in [3.8, 4) is 22.7 Å². The van der Waals surface area contributed by atoms with Crippen molar-refractivity contribution in [2.75, 3.05) is 5.32 Å². The number of nitrogens with one attached hydrogen (secondary N) is 2. The van der Waals surface area contributed by atoms with Crippen LogP contribution < -0.4 is 5.32 Å². The van der Waals surface area contributed by atoms with Crippen molar-refractivity contribution in [2.24, 2.45) is 0 Å². The highest BCUT2D eigenvalue weighted by Gasteiger charge is 2.19. The minimum absolute atomic E-state index is 0.0298. The number of aromatic amines is 1. The number of amides is 1. The van der Waals surface area contributed by atoms with E-state index in [9.17, 15) is 4.79 Å². The van der Waals surface area contributed by atoms with E-state index in [-0.39, 0.29) is 11.3 Å². The SMILES string of the molecule is CC(C)(C)c1ccc2oc(-c3cn[nH]c3-c3cccc(NC(=O)c4ccsc4)c3)nc2c1. The molecule has 160 valence electrons. The fraction of sp³-hybridized carbons (Fsp3) is 0.160. The largest absolute Gasteiger partial charge is 0.436 e. The first kappa shape index (κ1) is 20.2. The molecule has 0 bridgehead atoms. The van der Waals surface area contributed by atoms with Crippen LogP contribution in [0.4, 0.5) is 5.69 Å². The van der Waals surface area contributed by atoms with Crippen LogP contribution in [0.5, 0.6) is 0 Å². The molecule has 3 aromatic heterocycles. The van der Waals surface area contributed by atoms with E-state index in [1.54, 1.807) is 12.3 Å². The Morgan fingerprint density at radius 2 is 2.00 bits per heavy atom. The molecule has 7 heteroatoms. The molecule has 0 fully saturated rings. The van der Waals surface area contributed by atoms with E-state index in [1.807, 2.05) is 41.1 Å². The maximum atomic E-state index is 12.4. The number of thiophene rings is 1. The highest BCUT2D eigenvalue weighted by Crippen LogP contribution is 2.34. The second-order valence-electron chi connectivity index (χ2n) is 8.66. The first-order chi connectivity index (χ1) is 15.4. The maximum absolute atomic E-state index is 12.4. The monoisotopic (exact) mass is 442 g/mol. The van der Waals surface area contributed by atoms with Gasteiger partial charge in [0.25, 0.3) is 5.91 Å². The summed E-state index contributed by atoms with van der Waals surface area (Å²) >= 11 is 1.49. The van der Waals surface area contributed by atoms with Crippen molar-refractivity contribution in [3.05, 3.63) is 76.6 Å². The summed E-state index contributed by atoms with van der Waals surface area (Å²) < 4.78 is 6.05. The third-order valence-corrected chi connectivity index (χ3v) is 6.00. The van der Waals surface area contributed by atoms with Crippen LogP contribution in [-0.2, 0) is 5.41 Å². The fourth-order valence-corrected chi connectivity index (χ4v) is 4.16. The number of fused-ring (bicyclic) bond motifs is 1. The Kier molecular flexibility index (Phi) is 4.90. The molecular weight excluding hydrogens is 420 g/mol. The van der Waals surface area contributed by atoms with Crippen LogP contribution in [0.15, 0.2) is 69.9 Å². The zero-order valence-corrected chi connectivity index (χ0v) is 18.8. The Morgan fingerprint density at radius 1 is 1.12 bits per heavy atom. The summed E-state index contributed by atoms with van der Waals surface area (Å²) in [4.78, 5) is 17.1. The molecule has 2 aromatic carbocycles. The smallest absolute Gasteiger partial charge is 0.256 e. The van der Waals surface area contributed by atoms with Gasteiger partial charge in [0.15, 0.2) is 5.58 Å². The van der Waals surface area contributed by atoms with Crippen molar-refractivity contribution in [2.45, 2.75) is 26.2 Å². The van der Waals surface area contributed by atoms with E-state index in [2.05, 4.69) is 48.4 Å². The molecule has 0 aliphatic heterocycles. The zero-order chi connectivity index (χ0) is 22.3. The Morgan fingerprint density at radius 3 is 2.78 bits per heavy atom. The molecule has 0 spiro atoms. The van der Waals surface area contributed by atoms with E-state index >= 15 is 0 Å². The average Bonchev–Trinajstić information content (AvgIpc) is 3.52. The number of carbonyl (C=O) groups is 1. The summed E-state index contributed by atoms with van der Waals surface area (Å²) in [6.07, 6.45) is 1.71. The normalized spacial score (nSPS) is 11.7. The number of nitrogens with zero attached hydrogens (tertiary/aromatic N) is 2.